The molecule has 1 heterocycles. The number of alkyl halides is 3. The van der Waals surface area contributed by atoms with E-state index in [0.29, 0.717) is 42.3 Å². The number of hydrogen-bond donors (Lipinski definition) is 2. The lowest BCUT2D eigenvalue weighted by atomic mass is 10.0. The van der Waals surface area contributed by atoms with Gasteiger partial charge in [0.05, 0.1) is 5.92 Å². The minimum Gasteiger partial charge on any atom is -0.481 e. The van der Waals surface area contributed by atoms with Crippen LogP contribution < -0.4 is 5.32 Å². The smallest absolute Gasteiger partial charge is 0.412 e. The topological polar surface area (TPSA) is 52.6 Å². The van der Waals surface area contributed by atoms with Crippen molar-refractivity contribution in [3.8, 4) is 0 Å². The molecule has 3 rings (SSSR count). The average molecular weight is 455 g/mol. The van der Waals surface area contributed by atoms with E-state index in [1.54, 1.807) is 19.1 Å². The number of aliphatic carboxylic acids is 1. The van der Waals surface area contributed by atoms with E-state index in [1.165, 1.54) is 18.2 Å². The Morgan fingerprint density at radius 1 is 1.26 bits per heavy atom. The van der Waals surface area contributed by atoms with Crippen molar-refractivity contribution in [2.24, 2.45) is 5.92 Å². The molecule has 0 bridgehead atoms. The summed E-state index contributed by atoms with van der Waals surface area (Å²) in [7, 11) is 0. The molecule has 0 radical (unpaired) electrons. The van der Waals surface area contributed by atoms with Crippen LogP contribution in [0.3, 0.4) is 0 Å². The zero-order chi connectivity index (χ0) is 22.8. The lowest BCUT2D eigenvalue weighted by molar-refractivity contribution is -0.144. The Kier molecular flexibility index (Phi) is 7.17. The van der Waals surface area contributed by atoms with Crippen LogP contribution in [-0.2, 0) is 17.8 Å². The Hall–Kier alpha value is -2.25. The summed E-state index contributed by atoms with van der Waals surface area (Å²) < 4.78 is 41.6. The number of nitrogens with zero attached hydrogens (tertiary/aromatic N) is 1. The number of likely N-dealkylation sites (tertiary alicyclic amines) is 1. The highest BCUT2D eigenvalue weighted by molar-refractivity contribution is 6.31. The van der Waals surface area contributed by atoms with E-state index in [4.69, 9.17) is 11.6 Å². The van der Waals surface area contributed by atoms with Gasteiger partial charge in [0.1, 0.15) is 6.04 Å². The summed E-state index contributed by atoms with van der Waals surface area (Å²) in [5.74, 6) is -1.20. The molecule has 1 fully saturated rings. The molecule has 1 saturated heterocycles. The van der Waals surface area contributed by atoms with Crippen LogP contribution in [0.25, 0.3) is 0 Å². The van der Waals surface area contributed by atoms with Gasteiger partial charge in [-0.1, -0.05) is 36.7 Å². The first-order chi connectivity index (χ1) is 14.6. The molecule has 31 heavy (non-hydrogen) atoms. The summed E-state index contributed by atoms with van der Waals surface area (Å²) in [6, 6.07) is 7.69. The Labute approximate surface area is 185 Å². The monoisotopic (exact) mass is 454 g/mol. The third kappa shape index (κ3) is 5.71. The fourth-order valence-electron chi connectivity index (χ4n) is 3.99. The molecule has 8 heteroatoms. The number of nitrogens with one attached hydrogen (secondary N) is 1. The van der Waals surface area contributed by atoms with Crippen LogP contribution >= 0.6 is 11.6 Å². The van der Waals surface area contributed by atoms with Crippen LogP contribution in [0, 0.1) is 12.8 Å². The third-order valence-electron chi connectivity index (χ3n) is 5.76. The normalized spacial score (nSPS) is 18.2. The lowest BCUT2D eigenvalue weighted by Crippen LogP contribution is -2.28. The van der Waals surface area contributed by atoms with E-state index >= 15 is 0 Å². The molecule has 0 saturated carbocycles. The highest BCUT2D eigenvalue weighted by Crippen LogP contribution is 2.37. The van der Waals surface area contributed by atoms with E-state index in [2.05, 4.69) is 5.32 Å². The Balaban J connectivity index is 1.85. The SMILES string of the molecule is CCc1ccc(N[C@@H](c2ccc(Cl)c(C)c2)C(F)(F)F)cc1CN1CCC(C(=O)O)C1. The van der Waals surface area contributed by atoms with Gasteiger partial charge in [-0.3, -0.25) is 9.69 Å². The number of benzene rings is 2. The summed E-state index contributed by atoms with van der Waals surface area (Å²) in [6.07, 6.45) is -3.17. The highest BCUT2D eigenvalue weighted by atomic mass is 35.5. The number of carboxylic acids is 1. The van der Waals surface area contributed by atoms with Crippen LogP contribution in [0.4, 0.5) is 18.9 Å². The average Bonchev–Trinajstić information content (AvgIpc) is 3.17. The van der Waals surface area contributed by atoms with Crippen LogP contribution in [-0.4, -0.2) is 35.2 Å². The van der Waals surface area contributed by atoms with Crippen molar-refractivity contribution >= 4 is 23.3 Å². The zero-order valence-electron chi connectivity index (χ0n) is 17.5. The van der Waals surface area contributed by atoms with Crippen LogP contribution in [0.15, 0.2) is 36.4 Å². The van der Waals surface area contributed by atoms with E-state index in [-0.39, 0.29) is 5.56 Å². The molecule has 4 nitrogen and oxygen atoms in total. The summed E-state index contributed by atoms with van der Waals surface area (Å²) in [5, 5.41) is 12.3. The third-order valence-corrected chi connectivity index (χ3v) is 6.18. The summed E-state index contributed by atoms with van der Waals surface area (Å²) >= 11 is 5.98. The van der Waals surface area contributed by atoms with Crippen LogP contribution in [0.1, 0.15) is 41.6 Å². The fourth-order valence-corrected chi connectivity index (χ4v) is 4.11. The predicted molar refractivity (Wildman–Crippen MR) is 115 cm³/mol. The number of aryl methyl sites for hydroxylation is 2. The molecule has 2 aromatic rings. The maximum Gasteiger partial charge on any atom is 0.412 e. The molecular formula is C23H26ClF3N2O2. The molecule has 0 spiro atoms. The summed E-state index contributed by atoms with van der Waals surface area (Å²) in [4.78, 5) is 13.3. The van der Waals surface area contributed by atoms with E-state index < -0.39 is 24.1 Å². The zero-order valence-corrected chi connectivity index (χ0v) is 18.2. The number of carbonyl (C=O) groups is 1. The van der Waals surface area contributed by atoms with Gasteiger partial charge in [-0.05, 0) is 66.8 Å². The standard InChI is InChI=1S/C23H26ClF3N2O2/c1-3-15-4-6-19(11-18(15)13-29-9-8-17(12-29)22(30)31)28-21(23(25,26)27)16-5-7-20(24)14(2)10-16/h4-7,10-11,17,21,28H,3,8-9,12-13H2,1-2H3,(H,30,31)/t17?,21-/m0/s1. The van der Waals surface area contributed by atoms with Crippen molar-refractivity contribution in [1.82, 2.24) is 4.90 Å². The number of rotatable bonds is 7. The Morgan fingerprint density at radius 2 is 2.00 bits per heavy atom. The molecule has 1 aliphatic rings. The fraction of sp³-hybridized carbons (Fsp3) is 0.435. The maximum atomic E-state index is 13.9. The first kappa shape index (κ1) is 23.4. The first-order valence-corrected chi connectivity index (χ1v) is 10.6. The minimum atomic E-state index is -4.49. The van der Waals surface area contributed by atoms with Gasteiger partial charge in [-0.2, -0.15) is 13.2 Å². The predicted octanol–water partition coefficient (Wildman–Crippen LogP) is 5.83. The number of halogens is 4. The molecule has 2 aromatic carbocycles. The molecule has 1 unspecified atom stereocenters. The van der Waals surface area contributed by atoms with Gasteiger partial charge in [0.2, 0.25) is 0 Å². The largest absolute Gasteiger partial charge is 0.481 e. The summed E-state index contributed by atoms with van der Waals surface area (Å²) in [6.45, 7) is 5.29. The van der Waals surface area contributed by atoms with Gasteiger partial charge in [0.25, 0.3) is 0 Å². The summed E-state index contributed by atoms with van der Waals surface area (Å²) in [5.41, 5.74) is 3.00. The Bertz CT molecular complexity index is 949. The van der Waals surface area contributed by atoms with Gasteiger partial charge in [-0.25, -0.2) is 0 Å². The van der Waals surface area contributed by atoms with Crippen LogP contribution in [0.2, 0.25) is 5.02 Å². The molecule has 168 valence electrons. The van der Waals surface area contributed by atoms with Crippen LogP contribution in [0.5, 0.6) is 0 Å². The van der Waals surface area contributed by atoms with Crippen molar-refractivity contribution in [1.29, 1.82) is 0 Å². The quantitative estimate of drug-likeness (QED) is 0.552. The molecule has 2 atom stereocenters. The molecular weight excluding hydrogens is 429 g/mol. The van der Waals surface area contributed by atoms with Crippen molar-refractivity contribution < 1.29 is 23.1 Å². The van der Waals surface area contributed by atoms with E-state index in [1.807, 2.05) is 17.9 Å². The molecule has 0 aliphatic carbocycles. The molecule has 2 N–H and O–H groups in total. The number of anilines is 1. The van der Waals surface area contributed by atoms with E-state index in [9.17, 15) is 23.1 Å². The van der Waals surface area contributed by atoms with Gasteiger partial charge in [0, 0.05) is 23.8 Å². The van der Waals surface area contributed by atoms with Gasteiger partial charge < -0.3 is 10.4 Å². The second kappa shape index (κ2) is 9.49. The molecule has 0 amide bonds. The Morgan fingerprint density at radius 3 is 2.58 bits per heavy atom. The first-order valence-electron chi connectivity index (χ1n) is 10.2. The minimum absolute atomic E-state index is 0.0966. The van der Waals surface area contributed by atoms with Gasteiger partial charge in [-0.15, -0.1) is 0 Å². The molecule has 1 aliphatic heterocycles. The maximum absolute atomic E-state index is 13.9. The van der Waals surface area contributed by atoms with Crippen molar-refractivity contribution in [3.63, 3.8) is 0 Å². The second-order valence-electron chi connectivity index (χ2n) is 8.02. The number of hydrogen-bond acceptors (Lipinski definition) is 3. The lowest BCUT2D eigenvalue weighted by Gasteiger charge is -2.25. The van der Waals surface area contributed by atoms with Gasteiger partial charge >= 0.3 is 12.1 Å². The number of carboxylic acid groups (broad SMARTS) is 1. The van der Waals surface area contributed by atoms with Crippen molar-refractivity contribution in [2.45, 2.75) is 45.5 Å². The second-order valence-corrected chi connectivity index (χ2v) is 8.43. The van der Waals surface area contributed by atoms with Crippen molar-refractivity contribution in [2.75, 3.05) is 18.4 Å². The van der Waals surface area contributed by atoms with Crippen molar-refractivity contribution in [3.05, 3.63) is 63.7 Å². The van der Waals surface area contributed by atoms with E-state index in [0.717, 1.165) is 17.5 Å². The molecule has 0 aromatic heterocycles. The highest BCUT2D eigenvalue weighted by Gasteiger charge is 2.41. The van der Waals surface area contributed by atoms with Gasteiger partial charge in [0.15, 0.2) is 0 Å².